The van der Waals surface area contributed by atoms with E-state index in [0.717, 1.165) is 22.4 Å². The number of hydrogen-bond donors (Lipinski definition) is 2. The van der Waals surface area contributed by atoms with E-state index in [-0.39, 0.29) is 0 Å². The molecule has 2 aromatic heterocycles. The summed E-state index contributed by atoms with van der Waals surface area (Å²) in [6.45, 7) is 1.95. The summed E-state index contributed by atoms with van der Waals surface area (Å²) in [5.41, 5.74) is 10.3. The largest absolute Gasteiger partial charge is 0.399 e. The lowest BCUT2D eigenvalue weighted by Crippen LogP contribution is -1.92. The van der Waals surface area contributed by atoms with E-state index in [4.69, 9.17) is 5.73 Å². The van der Waals surface area contributed by atoms with Crippen LogP contribution in [0.5, 0.6) is 0 Å². The van der Waals surface area contributed by atoms with Crippen molar-refractivity contribution in [2.45, 2.75) is 6.92 Å². The normalized spacial score (nSPS) is 10.6. The van der Waals surface area contributed by atoms with Gasteiger partial charge >= 0.3 is 0 Å². The second kappa shape index (κ2) is 4.49. The summed E-state index contributed by atoms with van der Waals surface area (Å²) >= 11 is 0. The van der Waals surface area contributed by atoms with Gasteiger partial charge in [0.05, 0.1) is 0 Å². The third-order valence-corrected chi connectivity index (χ3v) is 2.87. The van der Waals surface area contributed by atoms with Crippen molar-refractivity contribution in [3.8, 4) is 22.5 Å². The van der Waals surface area contributed by atoms with Crippen LogP contribution in [0.15, 0.2) is 36.5 Å². The van der Waals surface area contributed by atoms with Crippen LogP contribution in [-0.4, -0.2) is 25.6 Å². The topological polar surface area (TPSA) is 93.4 Å². The van der Waals surface area contributed by atoms with E-state index < -0.39 is 0 Å². The van der Waals surface area contributed by atoms with E-state index >= 15 is 0 Å². The number of aromatic amines is 1. The molecule has 3 aromatic rings. The van der Waals surface area contributed by atoms with Gasteiger partial charge < -0.3 is 5.73 Å². The third-order valence-electron chi connectivity index (χ3n) is 2.87. The van der Waals surface area contributed by atoms with E-state index in [9.17, 15) is 0 Å². The molecule has 3 rings (SSSR count). The van der Waals surface area contributed by atoms with Gasteiger partial charge in [0.15, 0.2) is 5.82 Å². The number of H-pyrrole nitrogens is 1. The molecule has 0 unspecified atom stereocenters. The van der Waals surface area contributed by atoms with Crippen molar-refractivity contribution >= 4 is 5.69 Å². The maximum atomic E-state index is 5.84. The molecule has 0 fully saturated rings. The third kappa shape index (κ3) is 2.15. The van der Waals surface area contributed by atoms with Gasteiger partial charge in [-0.05, 0) is 41.1 Å². The number of aryl methyl sites for hydroxylation is 1. The van der Waals surface area contributed by atoms with Crippen LogP contribution in [0.3, 0.4) is 0 Å². The van der Waals surface area contributed by atoms with E-state index in [0.29, 0.717) is 11.5 Å². The lowest BCUT2D eigenvalue weighted by Gasteiger charge is -2.08. The molecule has 0 amide bonds. The fraction of sp³-hybridized carbons (Fsp3) is 0.0769. The predicted molar refractivity (Wildman–Crippen MR) is 72.0 cm³/mol. The summed E-state index contributed by atoms with van der Waals surface area (Å²) in [6.07, 6.45) is 1.83. The Labute approximate surface area is 109 Å². The Morgan fingerprint density at radius 1 is 1.11 bits per heavy atom. The lowest BCUT2D eigenvalue weighted by molar-refractivity contribution is 0.881. The minimum Gasteiger partial charge on any atom is -0.399 e. The zero-order chi connectivity index (χ0) is 13.2. The van der Waals surface area contributed by atoms with E-state index in [2.05, 4.69) is 25.6 Å². The van der Waals surface area contributed by atoms with Gasteiger partial charge in [-0.2, -0.15) is 0 Å². The molecule has 1 aromatic carbocycles. The number of nitrogens with two attached hydrogens (primary N) is 1. The molecule has 0 atom stereocenters. The quantitative estimate of drug-likeness (QED) is 0.678. The van der Waals surface area contributed by atoms with Crippen LogP contribution in [0.4, 0.5) is 5.69 Å². The molecule has 0 aliphatic rings. The van der Waals surface area contributed by atoms with Crippen LogP contribution < -0.4 is 5.73 Å². The van der Waals surface area contributed by atoms with Crippen LogP contribution in [0, 0.1) is 6.92 Å². The standard InChI is InChI=1S/C13H12N6/c1-8-2-3-9(7-15-8)11-5-4-10(14)6-12(11)13-16-18-19-17-13/h2-7H,14H2,1H3,(H,16,17,18,19). The maximum absolute atomic E-state index is 5.84. The number of aromatic nitrogens is 5. The van der Waals surface area contributed by atoms with Crippen molar-refractivity contribution in [2.24, 2.45) is 0 Å². The first-order valence-electron chi connectivity index (χ1n) is 5.81. The Morgan fingerprint density at radius 2 is 2.00 bits per heavy atom. The summed E-state index contributed by atoms with van der Waals surface area (Å²) in [5, 5.41) is 13.9. The number of pyridine rings is 1. The highest BCUT2D eigenvalue weighted by atomic mass is 15.5. The molecule has 6 nitrogen and oxygen atoms in total. The van der Waals surface area contributed by atoms with Crippen LogP contribution in [0.2, 0.25) is 0 Å². The number of anilines is 1. The maximum Gasteiger partial charge on any atom is 0.180 e. The smallest absolute Gasteiger partial charge is 0.180 e. The summed E-state index contributed by atoms with van der Waals surface area (Å²) < 4.78 is 0. The Hall–Kier alpha value is -2.76. The molecule has 0 spiro atoms. The first-order chi connectivity index (χ1) is 9.24. The van der Waals surface area contributed by atoms with Gasteiger partial charge in [-0.3, -0.25) is 4.98 Å². The van der Waals surface area contributed by atoms with Crippen LogP contribution in [-0.2, 0) is 0 Å². The molecule has 0 radical (unpaired) electrons. The van der Waals surface area contributed by atoms with Crippen LogP contribution in [0.25, 0.3) is 22.5 Å². The minimum absolute atomic E-state index is 0.586. The van der Waals surface area contributed by atoms with Crippen molar-refractivity contribution in [3.63, 3.8) is 0 Å². The second-order valence-electron chi connectivity index (χ2n) is 4.24. The molecule has 94 valence electrons. The molecule has 0 bridgehead atoms. The van der Waals surface area contributed by atoms with Crippen LogP contribution in [0.1, 0.15) is 5.69 Å². The first-order valence-corrected chi connectivity index (χ1v) is 5.81. The van der Waals surface area contributed by atoms with E-state index in [1.165, 1.54) is 0 Å². The van der Waals surface area contributed by atoms with Gasteiger partial charge in [-0.25, -0.2) is 5.10 Å². The predicted octanol–water partition coefficient (Wildman–Crippen LogP) is 1.82. The van der Waals surface area contributed by atoms with Crippen molar-refractivity contribution in [1.29, 1.82) is 0 Å². The number of hydrogen-bond acceptors (Lipinski definition) is 5. The number of benzene rings is 1. The second-order valence-corrected chi connectivity index (χ2v) is 4.24. The Balaban J connectivity index is 2.18. The van der Waals surface area contributed by atoms with Gasteiger partial charge in [-0.15, -0.1) is 5.10 Å². The SMILES string of the molecule is Cc1ccc(-c2ccc(N)cc2-c2nnn[nH]2)cn1. The highest BCUT2D eigenvalue weighted by Gasteiger charge is 2.11. The van der Waals surface area contributed by atoms with Crippen LogP contribution >= 0.6 is 0 Å². The zero-order valence-corrected chi connectivity index (χ0v) is 10.3. The average molecular weight is 252 g/mol. The average Bonchev–Trinajstić information content (AvgIpc) is 2.94. The highest BCUT2D eigenvalue weighted by Crippen LogP contribution is 2.31. The van der Waals surface area contributed by atoms with Crippen molar-refractivity contribution in [3.05, 3.63) is 42.2 Å². The summed E-state index contributed by atoms with van der Waals surface area (Å²) in [7, 11) is 0. The fourth-order valence-electron chi connectivity index (χ4n) is 1.91. The molecular weight excluding hydrogens is 240 g/mol. The molecule has 0 aliphatic heterocycles. The molecule has 6 heteroatoms. The summed E-state index contributed by atoms with van der Waals surface area (Å²) in [4.78, 5) is 4.31. The monoisotopic (exact) mass is 252 g/mol. The number of tetrazole rings is 1. The molecule has 3 N–H and O–H groups in total. The fourth-order valence-corrected chi connectivity index (χ4v) is 1.91. The number of nitrogens with one attached hydrogen (secondary N) is 1. The van der Waals surface area contributed by atoms with Gasteiger partial charge in [-0.1, -0.05) is 12.1 Å². The Kier molecular flexibility index (Phi) is 2.68. The number of rotatable bonds is 2. The van der Waals surface area contributed by atoms with E-state index in [1.807, 2.05) is 43.5 Å². The Bertz CT molecular complexity index is 688. The first kappa shape index (κ1) is 11.3. The summed E-state index contributed by atoms with van der Waals surface area (Å²) in [5.74, 6) is 0.586. The lowest BCUT2D eigenvalue weighted by atomic mass is 10.00. The molecule has 0 saturated heterocycles. The van der Waals surface area contributed by atoms with Crippen molar-refractivity contribution < 1.29 is 0 Å². The van der Waals surface area contributed by atoms with Crippen molar-refractivity contribution in [1.82, 2.24) is 25.6 Å². The summed E-state index contributed by atoms with van der Waals surface area (Å²) in [6, 6.07) is 9.62. The minimum atomic E-state index is 0.586. The molecule has 0 saturated carbocycles. The van der Waals surface area contributed by atoms with Gasteiger partial charge in [0, 0.05) is 28.7 Å². The van der Waals surface area contributed by atoms with Gasteiger partial charge in [0.25, 0.3) is 0 Å². The zero-order valence-electron chi connectivity index (χ0n) is 10.3. The molecule has 0 aliphatic carbocycles. The van der Waals surface area contributed by atoms with Gasteiger partial charge in [0.1, 0.15) is 0 Å². The van der Waals surface area contributed by atoms with Crippen molar-refractivity contribution in [2.75, 3.05) is 5.73 Å². The highest BCUT2D eigenvalue weighted by molar-refractivity contribution is 5.82. The molecular formula is C13H12N6. The molecule has 2 heterocycles. The number of nitrogen functional groups attached to an aromatic ring is 1. The van der Waals surface area contributed by atoms with E-state index in [1.54, 1.807) is 0 Å². The van der Waals surface area contributed by atoms with Gasteiger partial charge in [0.2, 0.25) is 0 Å². The Morgan fingerprint density at radius 3 is 2.68 bits per heavy atom. The molecule has 19 heavy (non-hydrogen) atoms. The number of nitrogens with zero attached hydrogens (tertiary/aromatic N) is 4.